The van der Waals surface area contributed by atoms with Crippen LogP contribution in [0.15, 0.2) is 0 Å². The van der Waals surface area contributed by atoms with E-state index in [9.17, 15) is 4.79 Å². The third kappa shape index (κ3) is 5.93. The average Bonchev–Trinajstić information content (AvgIpc) is 2.80. The number of methoxy groups -OCH3 is 1. The van der Waals surface area contributed by atoms with Crippen LogP contribution >= 0.6 is 0 Å². The van der Waals surface area contributed by atoms with E-state index in [1.807, 2.05) is 13.8 Å². The summed E-state index contributed by atoms with van der Waals surface area (Å²) < 4.78 is 16.3. The third-order valence-electron chi connectivity index (χ3n) is 3.64. The molecular formula is C16H31NO4. The normalized spacial score (nSPS) is 25.8. The highest BCUT2D eigenvalue weighted by Gasteiger charge is 2.46. The quantitative estimate of drug-likeness (QED) is 0.522. The molecule has 0 aromatic heterocycles. The van der Waals surface area contributed by atoms with Gasteiger partial charge >= 0.3 is 5.97 Å². The molecule has 2 atom stereocenters. The summed E-state index contributed by atoms with van der Waals surface area (Å²) in [6.45, 7) is 10.3. The minimum absolute atomic E-state index is 0.0954. The lowest BCUT2D eigenvalue weighted by molar-refractivity contribution is -0.149. The molecule has 1 aliphatic carbocycles. The standard InChI is InChI=1S/C16H31NO4/c1-12(2)11-20-8-9-21-14-6-7-16(10-14,15(18)19-5)17-13(3)4/h12-14,17H,6-11H2,1-5H3. The maximum atomic E-state index is 12.1. The van der Waals surface area contributed by atoms with Crippen molar-refractivity contribution in [2.24, 2.45) is 5.92 Å². The zero-order valence-corrected chi connectivity index (χ0v) is 14.1. The van der Waals surface area contributed by atoms with Crippen molar-refractivity contribution in [1.29, 1.82) is 0 Å². The monoisotopic (exact) mass is 301 g/mol. The number of ether oxygens (including phenoxy) is 3. The van der Waals surface area contributed by atoms with Gasteiger partial charge in [-0.05, 0) is 32.6 Å². The predicted molar refractivity (Wildman–Crippen MR) is 82.3 cm³/mol. The fourth-order valence-corrected chi connectivity index (χ4v) is 2.86. The van der Waals surface area contributed by atoms with Crippen molar-refractivity contribution in [2.45, 2.75) is 64.6 Å². The van der Waals surface area contributed by atoms with Gasteiger partial charge in [0.15, 0.2) is 0 Å². The van der Waals surface area contributed by atoms with Crippen molar-refractivity contribution < 1.29 is 19.0 Å². The summed E-state index contributed by atoms with van der Waals surface area (Å²) in [6, 6.07) is 0.234. The van der Waals surface area contributed by atoms with Crippen molar-refractivity contribution >= 4 is 5.97 Å². The molecule has 0 bridgehead atoms. The van der Waals surface area contributed by atoms with Crippen LogP contribution in [0.2, 0.25) is 0 Å². The van der Waals surface area contributed by atoms with Crippen LogP contribution in [0.5, 0.6) is 0 Å². The Bertz CT molecular complexity index is 319. The first kappa shape index (κ1) is 18.4. The maximum Gasteiger partial charge on any atom is 0.326 e. The second-order valence-corrected chi connectivity index (χ2v) is 6.58. The van der Waals surface area contributed by atoms with Gasteiger partial charge in [-0.25, -0.2) is 0 Å². The Morgan fingerprint density at radius 3 is 2.57 bits per heavy atom. The molecule has 1 fully saturated rings. The van der Waals surface area contributed by atoms with Gasteiger partial charge in [-0.2, -0.15) is 0 Å². The predicted octanol–water partition coefficient (Wildman–Crippen LogP) is 2.14. The van der Waals surface area contributed by atoms with Crippen LogP contribution in [0.4, 0.5) is 0 Å². The molecule has 21 heavy (non-hydrogen) atoms. The van der Waals surface area contributed by atoms with Gasteiger partial charge < -0.3 is 14.2 Å². The Morgan fingerprint density at radius 2 is 2.00 bits per heavy atom. The van der Waals surface area contributed by atoms with E-state index >= 15 is 0 Å². The molecule has 1 aliphatic rings. The van der Waals surface area contributed by atoms with E-state index in [1.54, 1.807) is 0 Å². The van der Waals surface area contributed by atoms with E-state index in [4.69, 9.17) is 14.2 Å². The van der Waals surface area contributed by atoms with Crippen molar-refractivity contribution in [3.8, 4) is 0 Å². The van der Waals surface area contributed by atoms with E-state index in [0.717, 1.165) is 19.4 Å². The van der Waals surface area contributed by atoms with Crippen LogP contribution in [0.1, 0.15) is 47.0 Å². The molecule has 0 aromatic carbocycles. The summed E-state index contributed by atoms with van der Waals surface area (Å²) in [5, 5.41) is 3.37. The van der Waals surface area contributed by atoms with E-state index in [1.165, 1.54) is 7.11 Å². The van der Waals surface area contributed by atoms with Crippen LogP contribution in [0.3, 0.4) is 0 Å². The zero-order valence-electron chi connectivity index (χ0n) is 14.1. The molecule has 5 heteroatoms. The molecular weight excluding hydrogens is 270 g/mol. The number of nitrogens with one attached hydrogen (secondary N) is 1. The second kappa shape index (κ2) is 8.71. The summed E-state index contributed by atoms with van der Waals surface area (Å²) in [7, 11) is 1.44. The molecule has 1 N–H and O–H groups in total. The van der Waals surface area contributed by atoms with Crippen molar-refractivity contribution in [1.82, 2.24) is 5.32 Å². The molecule has 0 heterocycles. The molecule has 0 spiro atoms. The fourth-order valence-electron chi connectivity index (χ4n) is 2.86. The van der Waals surface area contributed by atoms with Crippen LogP contribution in [-0.4, -0.2) is 50.6 Å². The first-order chi connectivity index (χ1) is 9.89. The summed E-state index contributed by atoms with van der Waals surface area (Å²) >= 11 is 0. The summed E-state index contributed by atoms with van der Waals surface area (Å²) in [5.74, 6) is 0.358. The Kier molecular flexibility index (Phi) is 7.63. The Balaban J connectivity index is 2.38. The summed E-state index contributed by atoms with van der Waals surface area (Å²) in [6.07, 6.45) is 2.40. The lowest BCUT2D eigenvalue weighted by Crippen LogP contribution is -2.53. The number of carbonyl (C=O) groups is 1. The number of rotatable bonds is 9. The molecule has 1 rings (SSSR count). The highest BCUT2D eigenvalue weighted by Crippen LogP contribution is 2.33. The molecule has 0 radical (unpaired) electrons. The van der Waals surface area contributed by atoms with E-state index in [0.29, 0.717) is 25.6 Å². The van der Waals surface area contributed by atoms with Crippen molar-refractivity contribution in [3.63, 3.8) is 0 Å². The number of hydrogen-bond donors (Lipinski definition) is 1. The molecule has 0 aromatic rings. The van der Waals surface area contributed by atoms with E-state index < -0.39 is 5.54 Å². The second-order valence-electron chi connectivity index (χ2n) is 6.58. The Hall–Kier alpha value is -0.650. The molecule has 0 amide bonds. The summed E-state index contributed by atoms with van der Waals surface area (Å²) in [4.78, 5) is 12.1. The van der Waals surface area contributed by atoms with Crippen LogP contribution in [0, 0.1) is 5.92 Å². The first-order valence-corrected chi connectivity index (χ1v) is 7.95. The van der Waals surface area contributed by atoms with E-state index in [2.05, 4.69) is 19.2 Å². The smallest absolute Gasteiger partial charge is 0.326 e. The topological polar surface area (TPSA) is 56.8 Å². The van der Waals surface area contributed by atoms with Crippen LogP contribution < -0.4 is 5.32 Å². The lowest BCUT2D eigenvalue weighted by atomic mass is 9.96. The summed E-state index contributed by atoms with van der Waals surface area (Å²) in [5.41, 5.74) is -0.591. The molecule has 0 aliphatic heterocycles. The van der Waals surface area contributed by atoms with Gasteiger partial charge in [0.2, 0.25) is 0 Å². The number of esters is 1. The third-order valence-corrected chi connectivity index (χ3v) is 3.64. The van der Waals surface area contributed by atoms with Gasteiger partial charge in [0.25, 0.3) is 0 Å². The minimum Gasteiger partial charge on any atom is -0.468 e. The number of hydrogen-bond acceptors (Lipinski definition) is 5. The van der Waals surface area contributed by atoms with Crippen molar-refractivity contribution in [2.75, 3.05) is 26.9 Å². The average molecular weight is 301 g/mol. The lowest BCUT2D eigenvalue weighted by Gasteiger charge is -2.30. The van der Waals surface area contributed by atoms with Crippen LogP contribution in [-0.2, 0) is 19.0 Å². The van der Waals surface area contributed by atoms with Gasteiger partial charge in [-0.3, -0.25) is 10.1 Å². The molecule has 1 saturated carbocycles. The Morgan fingerprint density at radius 1 is 1.29 bits per heavy atom. The maximum absolute atomic E-state index is 12.1. The van der Waals surface area contributed by atoms with Crippen LogP contribution in [0.25, 0.3) is 0 Å². The van der Waals surface area contributed by atoms with Gasteiger partial charge in [0, 0.05) is 19.1 Å². The first-order valence-electron chi connectivity index (χ1n) is 7.95. The van der Waals surface area contributed by atoms with Gasteiger partial charge in [-0.1, -0.05) is 13.8 Å². The SMILES string of the molecule is COC(=O)C1(NC(C)C)CCC(OCCOCC(C)C)C1. The Labute approximate surface area is 128 Å². The fraction of sp³-hybridized carbons (Fsp3) is 0.938. The highest BCUT2D eigenvalue weighted by molar-refractivity contribution is 5.81. The van der Waals surface area contributed by atoms with Gasteiger partial charge in [0.1, 0.15) is 5.54 Å². The molecule has 0 saturated heterocycles. The molecule has 2 unspecified atom stereocenters. The van der Waals surface area contributed by atoms with Crippen molar-refractivity contribution in [3.05, 3.63) is 0 Å². The molecule has 124 valence electrons. The largest absolute Gasteiger partial charge is 0.468 e. The van der Waals surface area contributed by atoms with Gasteiger partial charge in [0.05, 0.1) is 26.4 Å². The minimum atomic E-state index is -0.591. The highest BCUT2D eigenvalue weighted by atomic mass is 16.5. The number of carbonyl (C=O) groups excluding carboxylic acids is 1. The van der Waals surface area contributed by atoms with Gasteiger partial charge in [-0.15, -0.1) is 0 Å². The molecule has 5 nitrogen and oxygen atoms in total. The van der Waals surface area contributed by atoms with E-state index in [-0.39, 0.29) is 18.1 Å². The zero-order chi connectivity index (χ0) is 15.9.